The van der Waals surface area contributed by atoms with Gasteiger partial charge < -0.3 is 14.8 Å². The van der Waals surface area contributed by atoms with Gasteiger partial charge in [0.1, 0.15) is 17.1 Å². The maximum atomic E-state index is 12.9. The number of amides is 1. The first-order valence-electron chi connectivity index (χ1n) is 9.75. The molecule has 0 spiro atoms. The molecular weight excluding hydrogens is 338 g/mol. The maximum absolute atomic E-state index is 12.9. The molecule has 4 nitrogen and oxygen atoms in total. The molecule has 4 heteroatoms. The standard InChI is InChI=1S/C23H29NO3/c1-5-16-11-13-17(14-12-16)26-20(6-2)22(25)24-19-15-23(3,4)27-21-10-8-7-9-18(19)21/h7-14,19-20H,5-6,15H2,1-4H3,(H,24,25). The van der Waals surface area contributed by atoms with Crippen LogP contribution < -0.4 is 14.8 Å². The number of carbonyl (C=O) groups is 1. The average molecular weight is 367 g/mol. The molecule has 0 fully saturated rings. The SMILES string of the molecule is CCc1ccc(OC(CC)C(=O)NC2CC(C)(C)Oc3ccccc32)cc1. The van der Waals surface area contributed by atoms with E-state index in [2.05, 4.69) is 12.2 Å². The molecule has 1 amide bonds. The highest BCUT2D eigenvalue weighted by Gasteiger charge is 2.35. The fourth-order valence-electron chi connectivity index (χ4n) is 3.49. The summed E-state index contributed by atoms with van der Waals surface area (Å²) in [4.78, 5) is 12.9. The van der Waals surface area contributed by atoms with Crippen molar-refractivity contribution in [3.05, 3.63) is 59.7 Å². The molecule has 0 aromatic heterocycles. The Morgan fingerprint density at radius 3 is 2.56 bits per heavy atom. The minimum Gasteiger partial charge on any atom is -0.487 e. The molecule has 2 aromatic rings. The van der Waals surface area contributed by atoms with Gasteiger partial charge >= 0.3 is 0 Å². The van der Waals surface area contributed by atoms with Crippen molar-refractivity contribution in [2.45, 2.75) is 64.7 Å². The van der Waals surface area contributed by atoms with Gasteiger partial charge in [0.05, 0.1) is 6.04 Å². The van der Waals surface area contributed by atoms with Crippen LogP contribution >= 0.6 is 0 Å². The fraction of sp³-hybridized carbons (Fsp3) is 0.435. The normalized spacial score (nSPS) is 18.7. The number of nitrogens with one attached hydrogen (secondary N) is 1. The van der Waals surface area contributed by atoms with Gasteiger partial charge in [-0.25, -0.2) is 0 Å². The third-order valence-corrected chi connectivity index (χ3v) is 4.97. The second-order valence-corrected chi connectivity index (χ2v) is 7.68. The molecule has 2 atom stereocenters. The zero-order valence-electron chi connectivity index (χ0n) is 16.6. The average Bonchev–Trinajstić information content (AvgIpc) is 2.65. The van der Waals surface area contributed by atoms with Gasteiger partial charge in [-0.15, -0.1) is 0 Å². The molecule has 0 radical (unpaired) electrons. The van der Waals surface area contributed by atoms with Crippen LogP contribution in [-0.4, -0.2) is 17.6 Å². The quantitative estimate of drug-likeness (QED) is 0.796. The summed E-state index contributed by atoms with van der Waals surface area (Å²) in [7, 11) is 0. The topological polar surface area (TPSA) is 47.6 Å². The minimum atomic E-state index is -0.518. The van der Waals surface area contributed by atoms with Crippen molar-refractivity contribution in [3.63, 3.8) is 0 Å². The molecule has 1 N–H and O–H groups in total. The summed E-state index contributed by atoms with van der Waals surface area (Å²) in [5, 5.41) is 3.18. The van der Waals surface area contributed by atoms with Gasteiger partial charge in [0.2, 0.25) is 0 Å². The van der Waals surface area contributed by atoms with E-state index in [1.807, 2.05) is 69.3 Å². The lowest BCUT2D eigenvalue weighted by Crippen LogP contribution is -2.45. The van der Waals surface area contributed by atoms with Crippen molar-refractivity contribution in [3.8, 4) is 11.5 Å². The van der Waals surface area contributed by atoms with Crippen LogP contribution in [0.4, 0.5) is 0 Å². The molecule has 2 aromatic carbocycles. The molecule has 1 aliphatic rings. The molecule has 3 rings (SSSR count). The molecule has 0 bridgehead atoms. The predicted octanol–water partition coefficient (Wildman–Crippen LogP) is 4.83. The van der Waals surface area contributed by atoms with E-state index < -0.39 is 6.10 Å². The number of hydrogen-bond donors (Lipinski definition) is 1. The number of benzene rings is 2. The van der Waals surface area contributed by atoms with Gasteiger partial charge in [-0.05, 0) is 50.5 Å². The lowest BCUT2D eigenvalue weighted by atomic mass is 9.89. The van der Waals surface area contributed by atoms with E-state index in [9.17, 15) is 4.79 Å². The highest BCUT2D eigenvalue weighted by Crippen LogP contribution is 2.39. The number of carbonyl (C=O) groups excluding carboxylic acids is 1. The first-order valence-corrected chi connectivity index (χ1v) is 9.75. The molecule has 0 aliphatic carbocycles. The van der Waals surface area contributed by atoms with Gasteiger partial charge in [-0.3, -0.25) is 4.79 Å². The van der Waals surface area contributed by atoms with Crippen LogP contribution in [0.1, 0.15) is 57.7 Å². The van der Waals surface area contributed by atoms with Crippen molar-refractivity contribution in [2.75, 3.05) is 0 Å². The highest BCUT2D eigenvalue weighted by atomic mass is 16.5. The predicted molar refractivity (Wildman–Crippen MR) is 107 cm³/mol. The Balaban J connectivity index is 1.72. The van der Waals surface area contributed by atoms with E-state index in [4.69, 9.17) is 9.47 Å². The number of hydrogen-bond acceptors (Lipinski definition) is 3. The molecule has 1 aliphatic heterocycles. The van der Waals surface area contributed by atoms with Crippen molar-refractivity contribution in [2.24, 2.45) is 0 Å². The summed E-state index contributed by atoms with van der Waals surface area (Å²) in [5.41, 5.74) is 1.94. The zero-order chi connectivity index (χ0) is 19.4. The second-order valence-electron chi connectivity index (χ2n) is 7.68. The van der Waals surface area contributed by atoms with Crippen molar-refractivity contribution < 1.29 is 14.3 Å². The van der Waals surface area contributed by atoms with Crippen LogP contribution in [0, 0.1) is 0 Å². The number of ether oxygens (including phenoxy) is 2. The Labute approximate surface area is 161 Å². The molecule has 1 heterocycles. The maximum Gasteiger partial charge on any atom is 0.261 e. The molecule has 0 saturated carbocycles. The van der Waals surface area contributed by atoms with E-state index >= 15 is 0 Å². The fourth-order valence-corrected chi connectivity index (χ4v) is 3.49. The van der Waals surface area contributed by atoms with Crippen LogP contribution in [-0.2, 0) is 11.2 Å². The van der Waals surface area contributed by atoms with Crippen LogP contribution in [0.2, 0.25) is 0 Å². The first kappa shape index (κ1) is 19.3. The Morgan fingerprint density at radius 1 is 1.19 bits per heavy atom. The van der Waals surface area contributed by atoms with Gasteiger partial charge in [0, 0.05) is 12.0 Å². The van der Waals surface area contributed by atoms with Gasteiger partial charge in [0.15, 0.2) is 6.10 Å². The lowest BCUT2D eigenvalue weighted by molar-refractivity contribution is -0.129. The van der Waals surface area contributed by atoms with E-state index in [0.717, 1.165) is 29.9 Å². The van der Waals surface area contributed by atoms with Crippen molar-refractivity contribution >= 4 is 5.91 Å². The molecule has 0 saturated heterocycles. The van der Waals surface area contributed by atoms with Crippen LogP contribution in [0.5, 0.6) is 11.5 Å². The number of rotatable bonds is 6. The van der Waals surface area contributed by atoms with E-state index in [1.165, 1.54) is 5.56 Å². The van der Waals surface area contributed by atoms with Gasteiger partial charge in [-0.1, -0.05) is 44.2 Å². The van der Waals surface area contributed by atoms with E-state index in [1.54, 1.807) is 0 Å². The van der Waals surface area contributed by atoms with Crippen LogP contribution in [0.25, 0.3) is 0 Å². The van der Waals surface area contributed by atoms with Crippen molar-refractivity contribution in [1.29, 1.82) is 0 Å². The Kier molecular flexibility index (Phi) is 5.73. The third-order valence-electron chi connectivity index (χ3n) is 4.97. The highest BCUT2D eigenvalue weighted by molar-refractivity contribution is 5.81. The zero-order valence-corrected chi connectivity index (χ0v) is 16.6. The van der Waals surface area contributed by atoms with Crippen LogP contribution in [0.15, 0.2) is 48.5 Å². The van der Waals surface area contributed by atoms with Gasteiger partial charge in [0.25, 0.3) is 5.91 Å². The summed E-state index contributed by atoms with van der Waals surface area (Å²) in [6.07, 6.45) is 1.79. The van der Waals surface area contributed by atoms with Gasteiger partial charge in [-0.2, -0.15) is 0 Å². The molecule has 2 unspecified atom stereocenters. The lowest BCUT2D eigenvalue weighted by Gasteiger charge is -2.38. The largest absolute Gasteiger partial charge is 0.487 e. The first-order chi connectivity index (χ1) is 12.9. The third kappa shape index (κ3) is 4.62. The minimum absolute atomic E-state index is 0.0856. The number of para-hydroxylation sites is 1. The summed E-state index contributed by atoms with van der Waals surface area (Å²) in [6, 6.07) is 15.8. The summed E-state index contributed by atoms with van der Waals surface area (Å²) < 4.78 is 12.0. The summed E-state index contributed by atoms with van der Waals surface area (Å²) in [6.45, 7) is 8.17. The Bertz CT molecular complexity index is 782. The van der Waals surface area contributed by atoms with E-state index in [-0.39, 0.29) is 17.6 Å². The second kappa shape index (κ2) is 8.03. The Hall–Kier alpha value is -2.49. The summed E-state index contributed by atoms with van der Waals surface area (Å²) >= 11 is 0. The smallest absolute Gasteiger partial charge is 0.261 e. The number of fused-ring (bicyclic) bond motifs is 1. The summed E-state index contributed by atoms with van der Waals surface area (Å²) in [5.74, 6) is 1.47. The van der Waals surface area contributed by atoms with Crippen LogP contribution in [0.3, 0.4) is 0 Å². The van der Waals surface area contributed by atoms with E-state index in [0.29, 0.717) is 6.42 Å². The Morgan fingerprint density at radius 2 is 1.89 bits per heavy atom. The monoisotopic (exact) mass is 367 g/mol. The molecular formula is C23H29NO3. The molecule has 27 heavy (non-hydrogen) atoms. The van der Waals surface area contributed by atoms with Crippen molar-refractivity contribution in [1.82, 2.24) is 5.32 Å². The number of aryl methyl sites for hydroxylation is 1. The molecule has 144 valence electrons.